The molecule has 1 heterocycles. The minimum absolute atomic E-state index is 0.00393. The highest BCUT2D eigenvalue weighted by Gasteiger charge is 2.29. The van der Waals surface area contributed by atoms with Gasteiger partial charge in [-0.2, -0.15) is 8.61 Å². The molecule has 0 spiro atoms. The first-order valence-electron chi connectivity index (χ1n) is 11.9. The van der Waals surface area contributed by atoms with Crippen LogP contribution in [0.4, 0.5) is 5.69 Å². The van der Waals surface area contributed by atoms with Crippen LogP contribution in [0.25, 0.3) is 6.08 Å². The maximum Gasteiger partial charge on any atom is 0.248 e. The van der Waals surface area contributed by atoms with Crippen LogP contribution in [0.5, 0.6) is 5.75 Å². The molecule has 1 aliphatic heterocycles. The number of amides is 1. The van der Waals surface area contributed by atoms with Crippen LogP contribution in [0.2, 0.25) is 0 Å². The van der Waals surface area contributed by atoms with Gasteiger partial charge in [0.2, 0.25) is 26.0 Å². The molecular weight excluding hydrogens is 518 g/mol. The van der Waals surface area contributed by atoms with Crippen LogP contribution in [0.15, 0.2) is 52.3 Å². The zero-order chi connectivity index (χ0) is 27.2. The lowest BCUT2D eigenvalue weighted by molar-refractivity contribution is -0.111. The molecule has 37 heavy (non-hydrogen) atoms. The molecule has 0 aromatic heterocycles. The number of morpholine rings is 1. The van der Waals surface area contributed by atoms with Gasteiger partial charge in [-0.05, 0) is 48.4 Å². The van der Waals surface area contributed by atoms with Crippen LogP contribution in [-0.4, -0.2) is 77.9 Å². The number of carbonyl (C=O) groups excluding carboxylic acids is 1. The summed E-state index contributed by atoms with van der Waals surface area (Å²) >= 11 is 0. The first kappa shape index (κ1) is 28.8. The number of methoxy groups -OCH3 is 1. The summed E-state index contributed by atoms with van der Waals surface area (Å²) in [4.78, 5) is 12.7. The van der Waals surface area contributed by atoms with Gasteiger partial charge in [0.25, 0.3) is 0 Å². The van der Waals surface area contributed by atoms with Gasteiger partial charge in [-0.1, -0.05) is 26.0 Å². The number of nitrogens with one attached hydrogen (secondary N) is 1. The number of anilines is 1. The Balaban J connectivity index is 1.82. The van der Waals surface area contributed by atoms with Gasteiger partial charge in [0.05, 0.1) is 25.2 Å². The average molecular weight is 552 g/mol. The van der Waals surface area contributed by atoms with Gasteiger partial charge in [0.1, 0.15) is 10.6 Å². The number of rotatable bonds is 10. The second kappa shape index (κ2) is 12.2. The van der Waals surface area contributed by atoms with E-state index >= 15 is 0 Å². The predicted octanol–water partition coefficient (Wildman–Crippen LogP) is 2.71. The average Bonchev–Trinajstić information content (AvgIpc) is 2.89. The molecule has 202 valence electrons. The van der Waals surface area contributed by atoms with E-state index in [0.29, 0.717) is 43.1 Å². The van der Waals surface area contributed by atoms with Crippen molar-refractivity contribution >= 4 is 37.7 Å². The number of carbonyl (C=O) groups is 1. The summed E-state index contributed by atoms with van der Waals surface area (Å²) in [6.07, 6.45) is 2.74. The van der Waals surface area contributed by atoms with Crippen molar-refractivity contribution in [2.45, 2.75) is 30.6 Å². The van der Waals surface area contributed by atoms with Crippen molar-refractivity contribution in [1.29, 1.82) is 0 Å². The molecule has 3 rings (SSSR count). The van der Waals surface area contributed by atoms with Gasteiger partial charge < -0.3 is 14.8 Å². The standard InChI is InChI=1S/C25H33N3O7S2/c1-5-27(6-2)36(30,31)23-18-21(10-7-19(23)3)26-25(29)12-9-20-8-11-22(34-4)24(17-20)37(32,33)28-13-15-35-16-14-28/h7-12,17-18H,5-6,13-16H2,1-4H3,(H,26,29). The van der Waals surface area contributed by atoms with Crippen molar-refractivity contribution in [3.8, 4) is 5.75 Å². The molecule has 1 amide bonds. The summed E-state index contributed by atoms with van der Waals surface area (Å²) in [5, 5.41) is 2.67. The molecular formula is C25H33N3O7S2. The zero-order valence-electron chi connectivity index (χ0n) is 21.4. The van der Waals surface area contributed by atoms with Gasteiger partial charge in [-0.3, -0.25) is 4.79 Å². The van der Waals surface area contributed by atoms with Gasteiger partial charge in [0.15, 0.2) is 0 Å². The number of nitrogens with zero attached hydrogens (tertiary/aromatic N) is 2. The SMILES string of the molecule is CCN(CC)S(=O)(=O)c1cc(NC(=O)C=Cc2ccc(OC)c(S(=O)(=O)N3CCOCC3)c2)ccc1C. The third-order valence-corrected chi connectivity index (χ3v) is 10.1. The lowest BCUT2D eigenvalue weighted by atomic mass is 10.2. The Morgan fingerprint density at radius 3 is 2.35 bits per heavy atom. The minimum atomic E-state index is -3.82. The largest absolute Gasteiger partial charge is 0.495 e. The minimum Gasteiger partial charge on any atom is -0.495 e. The number of benzene rings is 2. The number of ether oxygens (including phenoxy) is 2. The van der Waals surface area contributed by atoms with E-state index in [1.165, 1.54) is 46.1 Å². The lowest BCUT2D eigenvalue weighted by Crippen LogP contribution is -2.40. The van der Waals surface area contributed by atoms with Crippen LogP contribution in [-0.2, 0) is 29.6 Å². The fourth-order valence-electron chi connectivity index (χ4n) is 3.94. The zero-order valence-corrected chi connectivity index (χ0v) is 23.1. The van der Waals surface area contributed by atoms with Crippen LogP contribution in [0.1, 0.15) is 25.0 Å². The highest BCUT2D eigenvalue weighted by atomic mass is 32.2. The maximum absolute atomic E-state index is 13.2. The molecule has 0 radical (unpaired) electrons. The number of sulfonamides is 2. The molecule has 2 aromatic carbocycles. The molecule has 1 saturated heterocycles. The van der Waals surface area contributed by atoms with E-state index in [1.54, 1.807) is 39.0 Å². The molecule has 2 aromatic rings. The molecule has 0 saturated carbocycles. The molecule has 1 fully saturated rings. The summed E-state index contributed by atoms with van der Waals surface area (Å²) in [6, 6.07) is 9.34. The Bertz CT molecular complexity index is 1360. The topological polar surface area (TPSA) is 122 Å². The lowest BCUT2D eigenvalue weighted by Gasteiger charge is -2.26. The number of hydrogen-bond donors (Lipinski definition) is 1. The Kier molecular flexibility index (Phi) is 9.48. The fraction of sp³-hybridized carbons (Fsp3) is 0.400. The van der Waals surface area contributed by atoms with Gasteiger partial charge in [0, 0.05) is 37.9 Å². The third kappa shape index (κ3) is 6.57. The Morgan fingerprint density at radius 1 is 1.05 bits per heavy atom. The molecule has 10 nitrogen and oxygen atoms in total. The molecule has 0 atom stereocenters. The first-order valence-corrected chi connectivity index (χ1v) is 14.8. The number of hydrogen-bond acceptors (Lipinski definition) is 7. The van der Waals surface area contributed by atoms with E-state index < -0.39 is 26.0 Å². The fourth-order valence-corrected chi connectivity index (χ4v) is 7.25. The third-order valence-electron chi connectivity index (χ3n) is 5.98. The predicted molar refractivity (Wildman–Crippen MR) is 142 cm³/mol. The van der Waals surface area contributed by atoms with Crippen LogP contribution in [0, 0.1) is 6.92 Å². The molecule has 0 aliphatic carbocycles. The first-order chi connectivity index (χ1) is 17.5. The summed E-state index contributed by atoms with van der Waals surface area (Å²) in [5.74, 6) is -0.293. The van der Waals surface area contributed by atoms with Gasteiger partial charge in [-0.15, -0.1) is 0 Å². The van der Waals surface area contributed by atoms with E-state index in [-0.39, 0.29) is 28.6 Å². The molecule has 0 bridgehead atoms. The summed E-state index contributed by atoms with van der Waals surface area (Å²) < 4.78 is 65.5. The van der Waals surface area contributed by atoms with Crippen LogP contribution in [0.3, 0.4) is 0 Å². The monoisotopic (exact) mass is 551 g/mol. The number of aryl methyl sites for hydroxylation is 1. The van der Waals surface area contributed by atoms with Crippen molar-refractivity contribution in [2.75, 3.05) is 51.8 Å². The summed E-state index contributed by atoms with van der Waals surface area (Å²) in [5.41, 5.74) is 1.39. The second-order valence-electron chi connectivity index (χ2n) is 8.32. The molecule has 0 unspecified atom stereocenters. The van der Waals surface area contributed by atoms with Crippen molar-refractivity contribution < 1.29 is 31.1 Å². The van der Waals surface area contributed by atoms with Crippen LogP contribution >= 0.6 is 0 Å². The normalized spacial score (nSPS) is 15.3. The van der Waals surface area contributed by atoms with Crippen LogP contribution < -0.4 is 10.1 Å². The van der Waals surface area contributed by atoms with E-state index in [0.717, 1.165) is 0 Å². The Hall–Kier alpha value is -2.77. The van der Waals surface area contributed by atoms with Crippen molar-refractivity contribution in [1.82, 2.24) is 8.61 Å². The van der Waals surface area contributed by atoms with Gasteiger partial charge >= 0.3 is 0 Å². The Morgan fingerprint density at radius 2 is 1.73 bits per heavy atom. The van der Waals surface area contributed by atoms with E-state index in [2.05, 4.69) is 5.32 Å². The smallest absolute Gasteiger partial charge is 0.248 e. The summed E-state index contributed by atoms with van der Waals surface area (Å²) in [7, 11) is -6.12. The highest BCUT2D eigenvalue weighted by molar-refractivity contribution is 7.89. The second-order valence-corrected chi connectivity index (χ2v) is 12.1. The van der Waals surface area contributed by atoms with Crippen molar-refractivity contribution in [2.24, 2.45) is 0 Å². The molecule has 1 aliphatic rings. The van der Waals surface area contributed by atoms with Crippen molar-refractivity contribution in [3.05, 3.63) is 53.6 Å². The maximum atomic E-state index is 13.2. The Labute approximate surface area is 219 Å². The van der Waals surface area contributed by atoms with E-state index in [1.807, 2.05) is 0 Å². The van der Waals surface area contributed by atoms with Crippen molar-refractivity contribution in [3.63, 3.8) is 0 Å². The van der Waals surface area contributed by atoms with Gasteiger partial charge in [-0.25, -0.2) is 16.8 Å². The molecule has 1 N–H and O–H groups in total. The summed E-state index contributed by atoms with van der Waals surface area (Å²) in [6.45, 7) is 7.04. The molecule has 12 heteroatoms. The van der Waals surface area contributed by atoms with E-state index in [4.69, 9.17) is 9.47 Å². The van der Waals surface area contributed by atoms with E-state index in [9.17, 15) is 21.6 Å². The quantitative estimate of drug-likeness (QED) is 0.451. The highest BCUT2D eigenvalue weighted by Crippen LogP contribution is 2.29.